The molecule has 9 rings (SSSR count). The molecule has 0 fully saturated rings. The quantitative estimate of drug-likeness (QED) is 0.173. The molecule has 0 radical (unpaired) electrons. The molecule has 57 heavy (non-hydrogen) atoms. The third-order valence-corrected chi connectivity index (χ3v) is 11.1. The monoisotopic (exact) mass is 942 g/mol. The largest absolute Gasteiger partial charge is 0.354 e. The number of hydrogen-bond acceptors (Lipinski definition) is 2. The average molecular weight is 946 g/mol. The number of fused-ring (bicyclic) bond motifs is 8. The fraction of sp³-hybridized carbons (Fsp3) is 0. The smallest absolute Gasteiger partial charge is 0.0737 e. The SMILES string of the molecule is Clc1cc(Cl)cc(-c2c3nc(c(-c4cc(Cl)cc(Cl)c4)c4ccc([nH]4)c(-c4cc(Cl)cc(Cl)c4)c4nc(c(-c5cc(Cl)cc(Cl)c5)c5ccc2[nH]5)C=C4)C=C3)c1.[Fe]. The van der Waals surface area contributed by atoms with Crippen LogP contribution >= 0.6 is 92.8 Å². The Bertz CT molecular complexity index is 2560. The molecule has 0 saturated heterocycles. The van der Waals surface area contributed by atoms with Crippen LogP contribution in [-0.4, -0.2) is 19.9 Å². The summed E-state index contributed by atoms with van der Waals surface area (Å²) in [5.41, 5.74) is 11.8. The predicted molar refractivity (Wildman–Crippen MR) is 241 cm³/mol. The molecule has 7 aromatic rings. The first-order valence-corrected chi connectivity index (χ1v) is 20.0. The molecule has 2 aliphatic rings. The van der Waals surface area contributed by atoms with Crippen LogP contribution in [0, 0.1) is 0 Å². The minimum atomic E-state index is 0. The van der Waals surface area contributed by atoms with Crippen molar-refractivity contribution < 1.29 is 17.1 Å². The Morgan fingerprint density at radius 2 is 0.491 bits per heavy atom. The number of aromatic amines is 2. The Morgan fingerprint density at radius 1 is 0.298 bits per heavy atom. The van der Waals surface area contributed by atoms with Gasteiger partial charge >= 0.3 is 0 Å². The van der Waals surface area contributed by atoms with Crippen LogP contribution in [0.3, 0.4) is 0 Å². The van der Waals surface area contributed by atoms with Crippen molar-refractivity contribution in [3.63, 3.8) is 0 Å². The number of benzene rings is 4. The van der Waals surface area contributed by atoms with Gasteiger partial charge in [-0.1, -0.05) is 92.8 Å². The van der Waals surface area contributed by atoms with Crippen molar-refractivity contribution >= 4 is 139 Å². The van der Waals surface area contributed by atoms with Crippen LogP contribution in [0.15, 0.2) is 97.1 Å². The van der Waals surface area contributed by atoms with E-state index in [0.29, 0.717) is 63.0 Å². The van der Waals surface area contributed by atoms with Crippen LogP contribution in [-0.2, 0) is 17.1 Å². The molecule has 2 aliphatic heterocycles. The summed E-state index contributed by atoms with van der Waals surface area (Å²) < 4.78 is 0. The second kappa shape index (κ2) is 16.2. The Hall–Kier alpha value is -3.68. The van der Waals surface area contributed by atoms with Crippen molar-refractivity contribution in [2.75, 3.05) is 0 Å². The number of hydrogen-bond donors (Lipinski definition) is 2. The van der Waals surface area contributed by atoms with Gasteiger partial charge in [-0.3, -0.25) is 0 Å². The average Bonchev–Trinajstić information content (AvgIpc) is 3.94. The standard InChI is InChI=1S/C44H22Cl8N4.Fe/c45-25-9-21(10-26(46)17-25)41-33-1-2-34(53-33)42(22-11-27(47)18-28(48)12-22)36-5-6-38(55-36)44(24-15-31(51)20-32(52)16-24)40-8-7-39(56-40)43(37-4-3-35(41)54-37)23-13-29(49)19-30(50)14-23;/h1-20,53,56H;. The van der Waals surface area contributed by atoms with E-state index in [1.54, 1.807) is 24.3 Å². The van der Waals surface area contributed by atoms with Gasteiger partial charge in [-0.15, -0.1) is 0 Å². The van der Waals surface area contributed by atoms with Crippen molar-refractivity contribution in [1.29, 1.82) is 0 Å². The maximum Gasteiger partial charge on any atom is 0.0737 e. The van der Waals surface area contributed by atoms with Crippen LogP contribution in [0.4, 0.5) is 0 Å². The maximum atomic E-state index is 6.61. The fourth-order valence-corrected chi connectivity index (χ4v) is 9.32. The van der Waals surface area contributed by atoms with Gasteiger partial charge in [0.25, 0.3) is 0 Å². The number of nitrogens with zero attached hydrogens (tertiary/aromatic N) is 2. The molecule has 0 unspecified atom stereocenters. The van der Waals surface area contributed by atoms with E-state index >= 15 is 0 Å². The first-order chi connectivity index (χ1) is 26.9. The molecule has 0 aliphatic carbocycles. The van der Waals surface area contributed by atoms with Gasteiger partial charge in [-0.25, -0.2) is 9.97 Å². The van der Waals surface area contributed by atoms with Crippen molar-refractivity contribution in [2.45, 2.75) is 0 Å². The summed E-state index contributed by atoms with van der Waals surface area (Å²) in [5, 5.41) is 3.84. The third kappa shape index (κ3) is 8.05. The summed E-state index contributed by atoms with van der Waals surface area (Å²) in [6.45, 7) is 0. The van der Waals surface area contributed by atoms with Gasteiger partial charge in [-0.05, 0) is 144 Å². The van der Waals surface area contributed by atoms with E-state index in [-0.39, 0.29) is 17.1 Å². The molecule has 2 N–H and O–H groups in total. The number of halogens is 8. The minimum absolute atomic E-state index is 0. The Labute approximate surface area is 377 Å². The van der Waals surface area contributed by atoms with Crippen molar-refractivity contribution in [1.82, 2.24) is 19.9 Å². The normalized spacial score (nSPS) is 11.9. The van der Waals surface area contributed by atoms with E-state index in [4.69, 9.17) is 103 Å². The van der Waals surface area contributed by atoms with Crippen molar-refractivity contribution in [2.24, 2.45) is 0 Å². The number of nitrogens with one attached hydrogen (secondary N) is 2. The van der Waals surface area contributed by atoms with Crippen LogP contribution in [0.1, 0.15) is 22.8 Å². The van der Waals surface area contributed by atoms with Gasteiger partial charge in [0.05, 0.1) is 22.8 Å². The zero-order chi connectivity index (χ0) is 38.8. The zero-order valence-corrected chi connectivity index (χ0v) is 36.0. The number of rotatable bonds is 4. The first-order valence-electron chi connectivity index (χ1n) is 17.0. The van der Waals surface area contributed by atoms with E-state index in [2.05, 4.69) is 9.97 Å². The third-order valence-electron chi connectivity index (χ3n) is 9.36. The van der Waals surface area contributed by atoms with Gasteiger partial charge in [0.1, 0.15) is 0 Å². The molecule has 0 amide bonds. The van der Waals surface area contributed by atoms with Crippen LogP contribution in [0.25, 0.3) is 90.9 Å². The van der Waals surface area contributed by atoms with Crippen molar-refractivity contribution in [3.05, 3.63) is 160 Å². The molecular weight excluding hydrogens is 924 g/mol. The molecule has 3 aromatic heterocycles. The summed E-state index contributed by atoms with van der Waals surface area (Å²) in [5.74, 6) is 0. The summed E-state index contributed by atoms with van der Waals surface area (Å²) in [4.78, 5) is 17.9. The summed E-state index contributed by atoms with van der Waals surface area (Å²) in [6, 6.07) is 29.6. The predicted octanol–water partition coefficient (Wildman–Crippen LogP) is 16.5. The van der Waals surface area contributed by atoms with Crippen molar-refractivity contribution in [3.8, 4) is 44.5 Å². The summed E-state index contributed by atoms with van der Waals surface area (Å²) in [6.07, 6.45) is 7.86. The first kappa shape index (κ1) is 40.1. The zero-order valence-electron chi connectivity index (χ0n) is 28.8. The van der Waals surface area contributed by atoms with Gasteiger partial charge in [0, 0.05) is 102 Å². The molecule has 4 nitrogen and oxygen atoms in total. The fourth-order valence-electron chi connectivity index (χ4n) is 7.21. The molecule has 5 heterocycles. The van der Waals surface area contributed by atoms with Crippen LogP contribution in [0.5, 0.6) is 0 Å². The minimum Gasteiger partial charge on any atom is -0.354 e. The van der Waals surface area contributed by atoms with Crippen LogP contribution < -0.4 is 0 Å². The van der Waals surface area contributed by atoms with E-state index in [1.807, 2.05) is 97.1 Å². The number of H-pyrrole nitrogens is 2. The summed E-state index contributed by atoms with van der Waals surface area (Å²) in [7, 11) is 0. The Kier molecular flexibility index (Phi) is 11.4. The second-order valence-corrected chi connectivity index (χ2v) is 16.6. The molecule has 8 bridgehead atoms. The van der Waals surface area contributed by atoms with E-state index in [0.717, 1.165) is 66.6 Å². The molecular formula is C44H22Cl8FeN4. The molecule has 13 heteroatoms. The molecule has 4 aromatic carbocycles. The second-order valence-electron chi connectivity index (χ2n) is 13.1. The van der Waals surface area contributed by atoms with Gasteiger partial charge in [0.2, 0.25) is 0 Å². The number of aromatic nitrogens is 4. The topological polar surface area (TPSA) is 57.4 Å². The van der Waals surface area contributed by atoms with Gasteiger partial charge < -0.3 is 9.97 Å². The molecule has 0 saturated carbocycles. The molecule has 282 valence electrons. The van der Waals surface area contributed by atoms with E-state index in [1.165, 1.54) is 0 Å². The van der Waals surface area contributed by atoms with Gasteiger partial charge in [-0.2, -0.15) is 0 Å². The molecule has 0 spiro atoms. The van der Waals surface area contributed by atoms with E-state index in [9.17, 15) is 0 Å². The van der Waals surface area contributed by atoms with Crippen LogP contribution in [0.2, 0.25) is 40.2 Å². The van der Waals surface area contributed by atoms with Gasteiger partial charge in [0.15, 0.2) is 0 Å². The Balaban J connectivity index is 0.00000455. The molecule has 0 atom stereocenters. The van der Waals surface area contributed by atoms with E-state index < -0.39 is 0 Å². The summed E-state index contributed by atoms with van der Waals surface area (Å²) >= 11 is 52.9. The maximum absolute atomic E-state index is 6.61. The Morgan fingerprint density at radius 3 is 0.684 bits per heavy atom.